The maximum absolute atomic E-state index is 11.2. The fourth-order valence-corrected chi connectivity index (χ4v) is 2.12. The topological polar surface area (TPSA) is 58.8 Å². The minimum atomic E-state index is -0.522. The molecular formula is C11H23N3O2. The molecular weight excluding hydrogens is 206 g/mol. The maximum Gasteiger partial charge on any atom is 0.323 e. The Morgan fingerprint density at radius 3 is 2.81 bits per heavy atom. The first kappa shape index (κ1) is 13.4. The summed E-state index contributed by atoms with van der Waals surface area (Å²) >= 11 is 0. The Balaban J connectivity index is 2.41. The first-order valence-corrected chi connectivity index (χ1v) is 5.84. The molecule has 1 heterocycles. The second kappa shape index (κ2) is 6.18. The first-order valence-electron chi connectivity index (χ1n) is 5.84. The summed E-state index contributed by atoms with van der Waals surface area (Å²) in [4.78, 5) is 15.8. The van der Waals surface area contributed by atoms with Crippen molar-refractivity contribution in [2.24, 2.45) is 5.73 Å². The van der Waals surface area contributed by atoms with Crippen molar-refractivity contribution in [3.8, 4) is 0 Å². The van der Waals surface area contributed by atoms with E-state index in [9.17, 15) is 4.79 Å². The van der Waals surface area contributed by atoms with E-state index in [1.165, 1.54) is 7.11 Å². The van der Waals surface area contributed by atoms with Crippen LogP contribution in [-0.2, 0) is 9.53 Å². The molecule has 0 aromatic heterocycles. The van der Waals surface area contributed by atoms with Crippen molar-refractivity contribution in [3.63, 3.8) is 0 Å². The van der Waals surface area contributed by atoms with Gasteiger partial charge in [0.15, 0.2) is 0 Å². The number of likely N-dealkylation sites (N-methyl/N-ethyl adjacent to an activating group) is 1. The number of ether oxygens (including phenoxy) is 1. The van der Waals surface area contributed by atoms with E-state index in [1.54, 1.807) is 0 Å². The van der Waals surface area contributed by atoms with E-state index in [0.29, 0.717) is 12.6 Å². The molecule has 2 N–H and O–H groups in total. The summed E-state index contributed by atoms with van der Waals surface area (Å²) in [5.41, 5.74) is 5.75. The Labute approximate surface area is 97.5 Å². The van der Waals surface area contributed by atoms with Gasteiger partial charge in [-0.05, 0) is 13.5 Å². The molecule has 1 aliphatic heterocycles. The van der Waals surface area contributed by atoms with Crippen molar-refractivity contribution in [1.82, 2.24) is 9.80 Å². The van der Waals surface area contributed by atoms with Gasteiger partial charge in [0.2, 0.25) is 0 Å². The van der Waals surface area contributed by atoms with Crippen LogP contribution in [0.1, 0.15) is 13.3 Å². The van der Waals surface area contributed by atoms with Gasteiger partial charge in [0.05, 0.1) is 7.11 Å². The third-order valence-corrected chi connectivity index (χ3v) is 3.29. The van der Waals surface area contributed by atoms with Gasteiger partial charge in [-0.3, -0.25) is 9.69 Å². The Morgan fingerprint density at radius 2 is 2.25 bits per heavy atom. The number of carbonyl (C=O) groups is 1. The first-order chi connectivity index (χ1) is 7.58. The van der Waals surface area contributed by atoms with Gasteiger partial charge in [-0.1, -0.05) is 6.92 Å². The number of methoxy groups -OCH3 is 1. The molecule has 2 atom stereocenters. The van der Waals surface area contributed by atoms with Crippen LogP contribution in [0.5, 0.6) is 0 Å². The summed E-state index contributed by atoms with van der Waals surface area (Å²) in [6.45, 7) is 5.77. The number of hydrogen-bond donors (Lipinski definition) is 1. The van der Waals surface area contributed by atoms with Gasteiger partial charge >= 0.3 is 5.97 Å². The molecule has 2 unspecified atom stereocenters. The number of rotatable bonds is 4. The summed E-state index contributed by atoms with van der Waals surface area (Å²) in [6.07, 6.45) is 1.13. The lowest BCUT2D eigenvalue weighted by molar-refractivity contribution is -0.142. The molecule has 1 saturated heterocycles. The quantitative estimate of drug-likeness (QED) is 0.659. The largest absolute Gasteiger partial charge is 0.468 e. The lowest BCUT2D eigenvalue weighted by Gasteiger charge is -2.39. The minimum Gasteiger partial charge on any atom is -0.468 e. The molecule has 1 aliphatic rings. The maximum atomic E-state index is 11.2. The summed E-state index contributed by atoms with van der Waals surface area (Å²) < 4.78 is 4.63. The van der Waals surface area contributed by atoms with Crippen LogP contribution in [0.3, 0.4) is 0 Å². The molecule has 5 nitrogen and oxygen atoms in total. The molecule has 0 saturated carbocycles. The molecule has 0 aromatic rings. The zero-order valence-electron chi connectivity index (χ0n) is 10.5. The monoisotopic (exact) mass is 229 g/mol. The van der Waals surface area contributed by atoms with Gasteiger partial charge in [0, 0.05) is 32.2 Å². The Kier molecular flexibility index (Phi) is 5.18. The second-order valence-electron chi connectivity index (χ2n) is 4.43. The van der Waals surface area contributed by atoms with Crippen LogP contribution in [0.2, 0.25) is 0 Å². The number of hydrogen-bond acceptors (Lipinski definition) is 5. The van der Waals surface area contributed by atoms with Crippen LogP contribution in [0.25, 0.3) is 0 Å². The fraction of sp³-hybridized carbons (Fsp3) is 0.909. The number of esters is 1. The van der Waals surface area contributed by atoms with E-state index in [1.807, 2.05) is 0 Å². The number of carbonyl (C=O) groups excluding carboxylic acids is 1. The normalized spacial score (nSPS) is 25.4. The van der Waals surface area contributed by atoms with Crippen molar-refractivity contribution in [1.29, 1.82) is 0 Å². The smallest absolute Gasteiger partial charge is 0.323 e. The average molecular weight is 229 g/mol. The molecule has 0 bridgehead atoms. The lowest BCUT2D eigenvalue weighted by Crippen LogP contribution is -2.54. The van der Waals surface area contributed by atoms with E-state index >= 15 is 0 Å². The van der Waals surface area contributed by atoms with Gasteiger partial charge in [-0.25, -0.2) is 0 Å². The highest BCUT2D eigenvalue weighted by Gasteiger charge is 2.25. The lowest BCUT2D eigenvalue weighted by atomic mass is 10.1. The van der Waals surface area contributed by atoms with Crippen LogP contribution in [0.4, 0.5) is 0 Å². The Morgan fingerprint density at radius 1 is 1.56 bits per heavy atom. The van der Waals surface area contributed by atoms with Crippen LogP contribution >= 0.6 is 0 Å². The molecule has 0 amide bonds. The molecule has 0 aromatic carbocycles. The van der Waals surface area contributed by atoms with Crippen LogP contribution in [0, 0.1) is 0 Å². The van der Waals surface area contributed by atoms with Gasteiger partial charge in [0.25, 0.3) is 0 Å². The standard InChI is InChI=1S/C11H23N3O2/c1-4-9-7-14(6-5-13(9)2)8-10(12)11(15)16-3/h9-10H,4-8,12H2,1-3H3. The van der Waals surface area contributed by atoms with Crippen molar-refractivity contribution in [3.05, 3.63) is 0 Å². The SMILES string of the molecule is CCC1CN(CC(N)C(=O)OC)CCN1C. The molecule has 16 heavy (non-hydrogen) atoms. The van der Waals surface area contributed by atoms with Crippen molar-refractivity contribution in [2.45, 2.75) is 25.4 Å². The fourth-order valence-electron chi connectivity index (χ4n) is 2.12. The predicted molar refractivity (Wildman–Crippen MR) is 63.1 cm³/mol. The highest BCUT2D eigenvalue weighted by molar-refractivity contribution is 5.75. The van der Waals surface area contributed by atoms with Crippen molar-refractivity contribution in [2.75, 3.05) is 40.3 Å². The zero-order valence-corrected chi connectivity index (χ0v) is 10.5. The summed E-state index contributed by atoms with van der Waals surface area (Å²) in [5, 5.41) is 0. The van der Waals surface area contributed by atoms with Crippen LogP contribution < -0.4 is 5.73 Å². The van der Waals surface area contributed by atoms with Crippen LogP contribution in [0.15, 0.2) is 0 Å². The Bertz CT molecular complexity index is 235. The van der Waals surface area contributed by atoms with E-state index in [-0.39, 0.29) is 5.97 Å². The third kappa shape index (κ3) is 3.43. The summed E-state index contributed by atoms with van der Waals surface area (Å²) in [7, 11) is 3.52. The van der Waals surface area contributed by atoms with Gasteiger partial charge in [-0.2, -0.15) is 0 Å². The van der Waals surface area contributed by atoms with Crippen molar-refractivity contribution >= 4 is 5.97 Å². The third-order valence-electron chi connectivity index (χ3n) is 3.29. The molecule has 0 radical (unpaired) electrons. The zero-order chi connectivity index (χ0) is 12.1. The predicted octanol–water partition coefficient (Wildman–Crippen LogP) is -0.487. The molecule has 94 valence electrons. The summed E-state index contributed by atoms with van der Waals surface area (Å²) in [6, 6.07) is 0.0458. The van der Waals surface area contributed by atoms with Gasteiger partial charge in [0.1, 0.15) is 6.04 Å². The van der Waals surface area contributed by atoms with Crippen molar-refractivity contribution < 1.29 is 9.53 Å². The molecule has 0 aliphatic carbocycles. The highest BCUT2D eigenvalue weighted by Crippen LogP contribution is 2.10. The highest BCUT2D eigenvalue weighted by atomic mass is 16.5. The molecule has 1 fully saturated rings. The van der Waals surface area contributed by atoms with E-state index < -0.39 is 6.04 Å². The molecule has 5 heteroatoms. The molecule has 1 rings (SSSR count). The van der Waals surface area contributed by atoms with E-state index in [0.717, 1.165) is 26.1 Å². The van der Waals surface area contributed by atoms with E-state index in [2.05, 4.69) is 28.5 Å². The van der Waals surface area contributed by atoms with Gasteiger partial charge in [-0.15, -0.1) is 0 Å². The molecule has 0 spiro atoms. The van der Waals surface area contributed by atoms with Gasteiger partial charge < -0.3 is 15.4 Å². The minimum absolute atomic E-state index is 0.327. The second-order valence-corrected chi connectivity index (χ2v) is 4.43. The summed E-state index contributed by atoms with van der Waals surface area (Å²) in [5.74, 6) is -0.327. The number of piperazine rings is 1. The number of nitrogens with zero attached hydrogens (tertiary/aromatic N) is 2. The van der Waals surface area contributed by atoms with Crippen LogP contribution in [-0.4, -0.2) is 68.2 Å². The van der Waals surface area contributed by atoms with E-state index in [4.69, 9.17) is 5.73 Å². The Hall–Kier alpha value is -0.650. The number of nitrogens with two attached hydrogens (primary N) is 1. The average Bonchev–Trinajstić information content (AvgIpc) is 2.30.